The van der Waals surface area contributed by atoms with Crippen LogP contribution in [0, 0.1) is 5.92 Å². The van der Waals surface area contributed by atoms with Crippen molar-refractivity contribution in [3.05, 3.63) is 0 Å². The molecule has 1 rings (SSSR count). The van der Waals surface area contributed by atoms with Gasteiger partial charge in [-0.2, -0.15) is 0 Å². The molecule has 0 amide bonds. The second kappa shape index (κ2) is 6.86. The van der Waals surface area contributed by atoms with Crippen LogP contribution in [0.5, 0.6) is 0 Å². The van der Waals surface area contributed by atoms with Crippen LogP contribution in [-0.4, -0.2) is 46.8 Å². The summed E-state index contributed by atoms with van der Waals surface area (Å²) in [5, 5.41) is 18.1. The van der Waals surface area contributed by atoms with E-state index in [0.29, 0.717) is 12.3 Å². The van der Waals surface area contributed by atoms with Gasteiger partial charge in [-0.25, -0.2) is 0 Å². The van der Waals surface area contributed by atoms with Crippen LogP contribution >= 0.6 is 0 Å². The average molecular weight is 229 g/mol. The van der Waals surface area contributed by atoms with E-state index in [-0.39, 0.29) is 6.10 Å². The Morgan fingerprint density at radius 3 is 2.56 bits per heavy atom. The predicted octanol–water partition coefficient (Wildman–Crippen LogP) is 1.33. The van der Waals surface area contributed by atoms with E-state index in [2.05, 4.69) is 4.90 Å². The molecule has 1 atom stereocenters. The molecule has 0 aromatic carbocycles. The number of aliphatic hydroxyl groups is 1. The van der Waals surface area contributed by atoms with Gasteiger partial charge in [0.25, 0.3) is 0 Å². The lowest BCUT2D eigenvalue weighted by molar-refractivity contribution is -0.137. The van der Waals surface area contributed by atoms with Gasteiger partial charge in [0.05, 0.1) is 6.10 Å². The molecular weight excluding hydrogens is 206 g/mol. The van der Waals surface area contributed by atoms with Crippen molar-refractivity contribution in [3.8, 4) is 0 Å². The topological polar surface area (TPSA) is 60.8 Å². The third-order valence-electron chi connectivity index (χ3n) is 3.41. The number of aliphatic carboxylic acids is 1. The highest BCUT2D eigenvalue weighted by atomic mass is 16.4. The second-order valence-electron chi connectivity index (χ2n) is 4.74. The Labute approximate surface area is 97.3 Å². The largest absolute Gasteiger partial charge is 0.481 e. The molecule has 0 saturated carbocycles. The first-order valence-corrected chi connectivity index (χ1v) is 6.24. The highest BCUT2D eigenvalue weighted by molar-refractivity contribution is 5.66. The second-order valence-corrected chi connectivity index (χ2v) is 4.74. The predicted molar refractivity (Wildman–Crippen MR) is 62.3 cm³/mol. The van der Waals surface area contributed by atoms with E-state index in [1.165, 1.54) is 0 Å². The lowest BCUT2D eigenvalue weighted by Crippen LogP contribution is -2.38. The van der Waals surface area contributed by atoms with Crippen LogP contribution in [0.15, 0.2) is 0 Å². The van der Waals surface area contributed by atoms with E-state index < -0.39 is 5.97 Å². The fourth-order valence-corrected chi connectivity index (χ4v) is 2.21. The summed E-state index contributed by atoms with van der Waals surface area (Å²) in [5.74, 6) is -0.130. The summed E-state index contributed by atoms with van der Waals surface area (Å²) in [6.07, 6.45) is 3.84. The van der Waals surface area contributed by atoms with Crippen molar-refractivity contribution in [1.82, 2.24) is 4.90 Å². The van der Waals surface area contributed by atoms with E-state index >= 15 is 0 Å². The third-order valence-corrected chi connectivity index (χ3v) is 3.41. The number of β-amino-alcohol motifs (C(OH)–C–C–N with tert-alkyl or cyclic N) is 1. The Morgan fingerprint density at radius 1 is 1.44 bits per heavy atom. The molecule has 1 fully saturated rings. The van der Waals surface area contributed by atoms with Crippen molar-refractivity contribution >= 4 is 5.97 Å². The molecule has 0 aliphatic carbocycles. The number of aliphatic hydroxyl groups excluding tert-OH is 1. The SMILES string of the molecule is CCC(O)CN1CCC(CCC(=O)O)CC1. The van der Waals surface area contributed by atoms with Gasteiger partial charge in [0.1, 0.15) is 0 Å². The van der Waals surface area contributed by atoms with Crippen LogP contribution < -0.4 is 0 Å². The summed E-state index contributed by atoms with van der Waals surface area (Å²) < 4.78 is 0. The molecule has 0 spiro atoms. The van der Waals surface area contributed by atoms with Crippen LogP contribution in [0.2, 0.25) is 0 Å². The van der Waals surface area contributed by atoms with Gasteiger partial charge in [0.15, 0.2) is 0 Å². The maximum absolute atomic E-state index is 10.4. The van der Waals surface area contributed by atoms with Gasteiger partial charge in [-0.3, -0.25) is 4.79 Å². The summed E-state index contributed by atoms with van der Waals surface area (Å²) in [4.78, 5) is 12.7. The number of rotatable bonds is 6. The highest BCUT2D eigenvalue weighted by Gasteiger charge is 2.20. The molecule has 1 aliphatic heterocycles. The van der Waals surface area contributed by atoms with E-state index in [1.807, 2.05) is 6.92 Å². The number of likely N-dealkylation sites (tertiary alicyclic amines) is 1. The quantitative estimate of drug-likeness (QED) is 0.721. The lowest BCUT2D eigenvalue weighted by Gasteiger charge is -2.32. The summed E-state index contributed by atoms with van der Waals surface area (Å²) in [7, 11) is 0. The maximum Gasteiger partial charge on any atom is 0.303 e. The first-order chi connectivity index (χ1) is 7.61. The van der Waals surface area contributed by atoms with Crippen LogP contribution in [0.3, 0.4) is 0 Å². The van der Waals surface area contributed by atoms with E-state index in [9.17, 15) is 9.90 Å². The lowest BCUT2D eigenvalue weighted by atomic mass is 9.92. The minimum Gasteiger partial charge on any atom is -0.481 e. The van der Waals surface area contributed by atoms with Gasteiger partial charge in [0.2, 0.25) is 0 Å². The molecule has 4 nitrogen and oxygen atoms in total. The van der Waals surface area contributed by atoms with Crippen molar-refractivity contribution in [2.24, 2.45) is 5.92 Å². The molecular formula is C12H23NO3. The third kappa shape index (κ3) is 4.94. The van der Waals surface area contributed by atoms with Gasteiger partial charge in [0, 0.05) is 13.0 Å². The smallest absolute Gasteiger partial charge is 0.303 e. The van der Waals surface area contributed by atoms with Gasteiger partial charge in [-0.15, -0.1) is 0 Å². The summed E-state index contributed by atoms with van der Waals surface area (Å²) in [6, 6.07) is 0. The molecule has 0 aromatic rings. The minimum atomic E-state index is -0.691. The van der Waals surface area contributed by atoms with Crippen LogP contribution in [-0.2, 0) is 4.79 Å². The summed E-state index contributed by atoms with van der Waals surface area (Å²) in [6.45, 7) is 4.76. The van der Waals surface area contributed by atoms with Crippen molar-refractivity contribution in [1.29, 1.82) is 0 Å². The minimum absolute atomic E-state index is 0.212. The highest BCUT2D eigenvalue weighted by Crippen LogP contribution is 2.21. The van der Waals surface area contributed by atoms with Crippen molar-refractivity contribution in [2.45, 2.75) is 45.1 Å². The molecule has 2 N–H and O–H groups in total. The molecule has 4 heteroatoms. The molecule has 1 unspecified atom stereocenters. The van der Waals surface area contributed by atoms with Gasteiger partial charge < -0.3 is 15.1 Å². The number of carbonyl (C=O) groups is 1. The Kier molecular flexibility index (Phi) is 5.77. The summed E-state index contributed by atoms with van der Waals surface area (Å²) in [5.41, 5.74) is 0. The van der Waals surface area contributed by atoms with Crippen LogP contribution in [0.4, 0.5) is 0 Å². The fraction of sp³-hybridized carbons (Fsp3) is 0.917. The molecule has 0 aromatic heterocycles. The fourth-order valence-electron chi connectivity index (χ4n) is 2.21. The van der Waals surface area contributed by atoms with Gasteiger partial charge in [-0.05, 0) is 44.7 Å². The van der Waals surface area contributed by atoms with Gasteiger partial charge >= 0.3 is 5.97 Å². The maximum atomic E-state index is 10.4. The van der Waals surface area contributed by atoms with E-state index in [0.717, 1.165) is 45.3 Å². The molecule has 0 bridgehead atoms. The summed E-state index contributed by atoms with van der Waals surface area (Å²) >= 11 is 0. The Balaban J connectivity index is 2.15. The standard InChI is InChI=1S/C12H23NO3/c1-2-11(14)9-13-7-5-10(6-8-13)3-4-12(15)16/h10-11,14H,2-9H2,1H3,(H,15,16). The molecule has 0 radical (unpaired) electrons. The zero-order chi connectivity index (χ0) is 12.0. The van der Waals surface area contributed by atoms with E-state index in [1.54, 1.807) is 0 Å². The Bertz CT molecular complexity index is 212. The number of nitrogens with zero attached hydrogens (tertiary/aromatic N) is 1. The molecule has 1 aliphatic rings. The monoisotopic (exact) mass is 229 g/mol. The number of hydrogen-bond acceptors (Lipinski definition) is 3. The molecule has 16 heavy (non-hydrogen) atoms. The number of piperidine rings is 1. The van der Waals surface area contributed by atoms with Crippen molar-refractivity contribution in [2.75, 3.05) is 19.6 Å². The molecule has 1 saturated heterocycles. The Hall–Kier alpha value is -0.610. The molecule has 94 valence electrons. The number of hydrogen-bond donors (Lipinski definition) is 2. The molecule has 1 heterocycles. The van der Waals surface area contributed by atoms with Gasteiger partial charge in [-0.1, -0.05) is 6.92 Å². The number of carboxylic acid groups (broad SMARTS) is 1. The van der Waals surface area contributed by atoms with Crippen LogP contribution in [0.1, 0.15) is 39.0 Å². The number of carboxylic acids is 1. The zero-order valence-corrected chi connectivity index (χ0v) is 10.1. The zero-order valence-electron chi connectivity index (χ0n) is 10.1. The first kappa shape index (κ1) is 13.5. The Morgan fingerprint density at radius 2 is 2.06 bits per heavy atom. The average Bonchev–Trinajstić information content (AvgIpc) is 2.28. The van der Waals surface area contributed by atoms with Crippen molar-refractivity contribution < 1.29 is 15.0 Å². The normalized spacial score (nSPS) is 20.9. The van der Waals surface area contributed by atoms with Crippen LogP contribution in [0.25, 0.3) is 0 Å². The van der Waals surface area contributed by atoms with E-state index in [4.69, 9.17) is 5.11 Å². The van der Waals surface area contributed by atoms with Crippen molar-refractivity contribution in [3.63, 3.8) is 0 Å². The first-order valence-electron chi connectivity index (χ1n) is 6.24.